The third-order valence-corrected chi connectivity index (χ3v) is 3.45. The van der Waals surface area contributed by atoms with Crippen molar-refractivity contribution in [2.75, 3.05) is 26.4 Å². The van der Waals surface area contributed by atoms with E-state index < -0.39 is 0 Å². The third kappa shape index (κ3) is 5.49. The van der Waals surface area contributed by atoms with Crippen LogP contribution in [0.15, 0.2) is 24.3 Å². The molecule has 0 radical (unpaired) electrons. The molecule has 1 heterocycles. The SMILES string of the molecule is O=C(CCCc1ccc(Cl)cc1)NC[C@H]1COCCO1. The lowest BCUT2D eigenvalue weighted by atomic mass is 10.1. The summed E-state index contributed by atoms with van der Waals surface area (Å²) in [7, 11) is 0. The molecule has 1 aliphatic rings. The standard InChI is InChI=1S/C15H20ClNO3/c16-13-6-4-12(5-7-13)2-1-3-15(18)17-10-14-11-19-8-9-20-14/h4-7,14H,1-3,8-11H2,(H,17,18)/t14-/m0/s1. The zero-order valence-electron chi connectivity index (χ0n) is 11.4. The van der Waals surface area contributed by atoms with Gasteiger partial charge in [-0.15, -0.1) is 0 Å². The Labute approximate surface area is 124 Å². The number of hydrogen-bond acceptors (Lipinski definition) is 3. The maximum Gasteiger partial charge on any atom is 0.220 e. The van der Waals surface area contributed by atoms with Crippen LogP contribution in [-0.2, 0) is 20.7 Å². The van der Waals surface area contributed by atoms with Crippen molar-refractivity contribution in [2.24, 2.45) is 0 Å². The van der Waals surface area contributed by atoms with Crippen LogP contribution in [0.4, 0.5) is 0 Å². The first-order chi connectivity index (χ1) is 9.74. The van der Waals surface area contributed by atoms with E-state index in [1.165, 1.54) is 5.56 Å². The van der Waals surface area contributed by atoms with Crippen LogP contribution in [0.1, 0.15) is 18.4 Å². The molecule has 1 fully saturated rings. The molecule has 5 heteroatoms. The normalized spacial score (nSPS) is 18.8. The van der Waals surface area contributed by atoms with Crippen molar-refractivity contribution in [2.45, 2.75) is 25.4 Å². The molecule has 1 amide bonds. The van der Waals surface area contributed by atoms with E-state index in [0.29, 0.717) is 32.8 Å². The first kappa shape index (κ1) is 15.3. The van der Waals surface area contributed by atoms with Crippen molar-refractivity contribution in [3.8, 4) is 0 Å². The van der Waals surface area contributed by atoms with Crippen LogP contribution in [-0.4, -0.2) is 38.4 Å². The largest absolute Gasteiger partial charge is 0.376 e. The maximum absolute atomic E-state index is 11.7. The second kappa shape index (κ2) is 8.25. The van der Waals surface area contributed by atoms with E-state index in [1.807, 2.05) is 24.3 Å². The van der Waals surface area contributed by atoms with E-state index >= 15 is 0 Å². The van der Waals surface area contributed by atoms with Crippen LogP contribution in [0, 0.1) is 0 Å². The molecule has 1 aromatic carbocycles. The smallest absolute Gasteiger partial charge is 0.220 e. The van der Waals surface area contributed by atoms with Crippen LogP contribution in [0.5, 0.6) is 0 Å². The minimum Gasteiger partial charge on any atom is -0.376 e. The molecule has 1 aliphatic heterocycles. The van der Waals surface area contributed by atoms with E-state index in [4.69, 9.17) is 21.1 Å². The lowest BCUT2D eigenvalue weighted by molar-refractivity contribution is -0.124. The second-order valence-corrected chi connectivity index (χ2v) is 5.29. The molecule has 1 atom stereocenters. The number of benzene rings is 1. The second-order valence-electron chi connectivity index (χ2n) is 4.85. The molecule has 0 aromatic heterocycles. The topological polar surface area (TPSA) is 47.6 Å². The summed E-state index contributed by atoms with van der Waals surface area (Å²) in [4.78, 5) is 11.7. The molecule has 1 N–H and O–H groups in total. The maximum atomic E-state index is 11.7. The van der Waals surface area contributed by atoms with Gasteiger partial charge in [-0.3, -0.25) is 4.79 Å². The van der Waals surface area contributed by atoms with Crippen LogP contribution >= 0.6 is 11.6 Å². The molecule has 0 unspecified atom stereocenters. The lowest BCUT2D eigenvalue weighted by Crippen LogP contribution is -2.39. The predicted octanol–water partition coefficient (Wildman–Crippen LogP) is 2.19. The summed E-state index contributed by atoms with van der Waals surface area (Å²) in [5.74, 6) is 0.0631. The third-order valence-electron chi connectivity index (χ3n) is 3.19. The Morgan fingerprint density at radius 3 is 2.80 bits per heavy atom. The molecule has 20 heavy (non-hydrogen) atoms. The van der Waals surface area contributed by atoms with Crippen molar-refractivity contribution in [1.82, 2.24) is 5.32 Å². The van der Waals surface area contributed by atoms with Gasteiger partial charge in [0.25, 0.3) is 0 Å². The quantitative estimate of drug-likeness (QED) is 0.875. The predicted molar refractivity (Wildman–Crippen MR) is 78.0 cm³/mol. The Bertz CT molecular complexity index is 416. The number of ether oxygens (including phenoxy) is 2. The van der Waals surface area contributed by atoms with Crippen molar-refractivity contribution in [3.05, 3.63) is 34.9 Å². The average Bonchev–Trinajstić information content (AvgIpc) is 2.48. The fourth-order valence-corrected chi connectivity index (χ4v) is 2.20. The number of carbonyl (C=O) groups excluding carboxylic acids is 1. The average molecular weight is 298 g/mol. The number of nitrogens with one attached hydrogen (secondary N) is 1. The highest BCUT2D eigenvalue weighted by Gasteiger charge is 2.14. The van der Waals surface area contributed by atoms with Crippen molar-refractivity contribution in [3.63, 3.8) is 0 Å². The minimum absolute atomic E-state index is 0.0102. The van der Waals surface area contributed by atoms with E-state index in [-0.39, 0.29) is 12.0 Å². The molecule has 4 nitrogen and oxygen atoms in total. The highest BCUT2D eigenvalue weighted by Crippen LogP contribution is 2.11. The van der Waals surface area contributed by atoms with E-state index in [2.05, 4.69) is 5.32 Å². The first-order valence-corrected chi connectivity index (χ1v) is 7.32. The molecule has 0 aliphatic carbocycles. The van der Waals surface area contributed by atoms with Gasteiger partial charge in [0.2, 0.25) is 5.91 Å². The van der Waals surface area contributed by atoms with E-state index in [9.17, 15) is 4.79 Å². The summed E-state index contributed by atoms with van der Waals surface area (Å²) in [5, 5.41) is 3.62. The molecule has 110 valence electrons. The van der Waals surface area contributed by atoms with Crippen molar-refractivity contribution < 1.29 is 14.3 Å². The molecule has 1 saturated heterocycles. The highest BCUT2D eigenvalue weighted by molar-refractivity contribution is 6.30. The van der Waals surface area contributed by atoms with Gasteiger partial charge in [-0.1, -0.05) is 23.7 Å². The lowest BCUT2D eigenvalue weighted by Gasteiger charge is -2.23. The van der Waals surface area contributed by atoms with Crippen LogP contribution in [0.3, 0.4) is 0 Å². The molecule has 0 spiro atoms. The van der Waals surface area contributed by atoms with Crippen LogP contribution in [0.25, 0.3) is 0 Å². The summed E-state index contributed by atoms with van der Waals surface area (Å²) in [6.45, 7) is 2.34. The highest BCUT2D eigenvalue weighted by atomic mass is 35.5. The number of amides is 1. The van der Waals surface area contributed by atoms with Gasteiger partial charge in [0, 0.05) is 18.0 Å². The number of carbonyl (C=O) groups is 1. The molecular formula is C15H20ClNO3. The number of aryl methyl sites for hydroxylation is 1. The zero-order valence-corrected chi connectivity index (χ0v) is 12.2. The van der Waals surface area contributed by atoms with Gasteiger partial charge in [-0.25, -0.2) is 0 Å². The van der Waals surface area contributed by atoms with Crippen LogP contribution in [0.2, 0.25) is 5.02 Å². The Kier molecular flexibility index (Phi) is 6.30. The summed E-state index contributed by atoms with van der Waals surface area (Å²) in [6.07, 6.45) is 2.23. The summed E-state index contributed by atoms with van der Waals surface area (Å²) in [6, 6.07) is 7.73. The Morgan fingerprint density at radius 1 is 1.30 bits per heavy atom. The Hall–Kier alpha value is -1.10. The fourth-order valence-electron chi connectivity index (χ4n) is 2.07. The van der Waals surface area contributed by atoms with Gasteiger partial charge in [0.05, 0.1) is 25.9 Å². The summed E-state index contributed by atoms with van der Waals surface area (Å²) >= 11 is 5.83. The molecule has 1 aromatic rings. The van der Waals surface area contributed by atoms with Crippen molar-refractivity contribution >= 4 is 17.5 Å². The Balaban J connectivity index is 1.58. The van der Waals surface area contributed by atoms with Gasteiger partial charge in [0.15, 0.2) is 0 Å². The molecular weight excluding hydrogens is 278 g/mol. The minimum atomic E-state index is -0.0102. The van der Waals surface area contributed by atoms with Crippen molar-refractivity contribution in [1.29, 1.82) is 0 Å². The first-order valence-electron chi connectivity index (χ1n) is 6.94. The monoisotopic (exact) mass is 297 g/mol. The van der Waals surface area contributed by atoms with E-state index in [1.54, 1.807) is 0 Å². The molecule has 2 rings (SSSR count). The number of hydrogen-bond donors (Lipinski definition) is 1. The van der Waals surface area contributed by atoms with Gasteiger partial charge < -0.3 is 14.8 Å². The molecule has 0 bridgehead atoms. The van der Waals surface area contributed by atoms with Gasteiger partial charge in [-0.05, 0) is 30.5 Å². The zero-order chi connectivity index (χ0) is 14.2. The summed E-state index contributed by atoms with van der Waals surface area (Å²) < 4.78 is 10.7. The number of rotatable bonds is 6. The molecule has 0 saturated carbocycles. The summed E-state index contributed by atoms with van der Waals surface area (Å²) in [5.41, 5.74) is 1.20. The van der Waals surface area contributed by atoms with Gasteiger partial charge >= 0.3 is 0 Å². The van der Waals surface area contributed by atoms with Gasteiger partial charge in [-0.2, -0.15) is 0 Å². The van der Waals surface area contributed by atoms with Gasteiger partial charge in [0.1, 0.15) is 0 Å². The van der Waals surface area contributed by atoms with Crippen LogP contribution < -0.4 is 5.32 Å². The number of halogens is 1. The fraction of sp³-hybridized carbons (Fsp3) is 0.533. The Morgan fingerprint density at radius 2 is 2.10 bits per heavy atom. The van der Waals surface area contributed by atoms with E-state index in [0.717, 1.165) is 17.9 Å².